The van der Waals surface area contributed by atoms with E-state index in [9.17, 15) is 0 Å². The molecule has 0 N–H and O–H groups in total. The zero-order valence-electron chi connectivity index (χ0n) is 43.4. The van der Waals surface area contributed by atoms with Crippen LogP contribution in [0.1, 0.15) is 83.1 Å². The second-order valence-corrected chi connectivity index (χ2v) is 5.77. The van der Waals surface area contributed by atoms with Crippen molar-refractivity contribution in [1.29, 1.82) is 0 Å². The van der Waals surface area contributed by atoms with Gasteiger partial charge in [0, 0.05) is 458 Å². The monoisotopic (exact) mass is 1910 g/mol. The van der Waals surface area contributed by atoms with E-state index in [4.69, 9.17) is 0 Å². The summed E-state index contributed by atoms with van der Waals surface area (Å²) in [5.74, 6) is 0. The third-order valence-electron chi connectivity index (χ3n) is 3.33. The summed E-state index contributed by atoms with van der Waals surface area (Å²) >= 11 is 0. The molecule has 14 heteroatoms. The topological polar surface area (TPSA) is 0 Å². The molecule has 14 radical (unpaired) electrons. The SMILES string of the molecule is CC.CC.CC.CC.CC.CC.[CH3-].[CH3-].[CH3-].[CH3-].[CH3-].[CH3-].[Y].[Y].[Y].[Y].[Y].[Y].[Y].[Y].[Y].[Y].[Y].[Y].[Y].[Y].c1ccccc1.c1ccccc1.c1ccccc1.c1ccccc1.c1ccccc1. The molecular weight excluding hydrogens is 1820 g/mol. The van der Waals surface area contributed by atoms with Gasteiger partial charge in [0.2, 0.25) is 0 Å². The van der Waals surface area contributed by atoms with Gasteiger partial charge in [-0.3, -0.25) is 0 Å². The van der Waals surface area contributed by atoms with Crippen molar-refractivity contribution in [3.05, 3.63) is 227 Å². The van der Waals surface area contributed by atoms with E-state index in [1.807, 2.05) is 265 Å². The van der Waals surface area contributed by atoms with Crippen LogP contribution in [0.3, 0.4) is 0 Å². The van der Waals surface area contributed by atoms with Gasteiger partial charge in [0.25, 0.3) is 0 Å². The standard InChI is InChI=1S/5C6H6.6C2H6.6CH3.14Y/c5*1-2-4-6-5-3-1;6*1-2;;;;;;;;;;;;;;;;;;;;/h5*1-6H;6*1-2H3;6*1H3;;;;;;;;;;;;;;/q;;;;;;;;;;;6*-1;;;;;;;;;;;;;;. The predicted octanol–water partition coefficient (Wildman–Crippen LogP) is 17.3. The third kappa shape index (κ3) is 206. The predicted molar refractivity (Wildman–Crippen MR) is 239 cm³/mol. The maximum atomic E-state index is 2.00. The van der Waals surface area contributed by atoms with Gasteiger partial charge < -0.3 is 44.6 Å². The molecule has 5 aromatic carbocycles. The number of benzene rings is 5. The summed E-state index contributed by atoms with van der Waals surface area (Å²) in [4.78, 5) is 0. The molecule has 0 unspecified atom stereocenters. The fraction of sp³-hybridized carbons (Fsp3) is 0.250. The van der Waals surface area contributed by atoms with E-state index in [0.29, 0.717) is 0 Å². The van der Waals surface area contributed by atoms with Crippen LogP contribution in [-0.2, 0) is 458 Å². The van der Waals surface area contributed by atoms with Gasteiger partial charge in [-0.1, -0.05) is 265 Å². The fourth-order valence-corrected chi connectivity index (χ4v) is 1.92. The van der Waals surface area contributed by atoms with Crippen molar-refractivity contribution >= 4 is 0 Å². The van der Waals surface area contributed by atoms with E-state index in [-0.39, 0.29) is 502 Å². The number of rotatable bonds is 0. The Morgan fingerprint density at radius 2 is 0.113 bits per heavy atom. The van der Waals surface area contributed by atoms with Crippen LogP contribution in [0, 0.1) is 44.6 Å². The first-order chi connectivity index (χ1) is 21.0. The number of hydrogen-bond donors (Lipinski definition) is 0. The largest absolute Gasteiger partial charge is 0.358 e. The van der Waals surface area contributed by atoms with Gasteiger partial charge in [0.15, 0.2) is 0 Å². The van der Waals surface area contributed by atoms with Crippen molar-refractivity contribution in [3.63, 3.8) is 0 Å². The fourth-order valence-electron chi connectivity index (χ4n) is 1.92. The molecular formula is C48H84Y14-6. The molecule has 324 valence electrons. The van der Waals surface area contributed by atoms with Crippen LogP contribution in [0.4, 0.5) is 0 Å². The van der Waals surface area contributed by atoms with Crippen molar-refractivity contribution in [2.75, 3.05) is 0 Å². The molecule has 0 fully saturated rings. The molecule has 5 rings (SSSR count). The van der Waals surface area contributed by atoms with Gasteiger partial charge in [0.1, 0.15) is 0 Å². The molecule has 0 aliphatic carbocycles. The summed E-state index contributed by atoms with van der Waals surface area (Å²) in [6.07, 6.45) is 0. The van der Waals surface area contributed by atoms with Crippen molar-refractivity contribution in [2.45, 2.75) is 83.1 Å². The Kier molecular flexibility index (Phi) is 594. The average molecular weight is 1910 g/mol. The molecule has 0 aromatic heterocycles. The van der Waals surface area contributed by atoms with Crippen molar-refractivity contribution in [2.24, 2.45) is 0 Å². The molecule has 5 aromatic rings. The smallest absolute Gasteiger partial charge is 0 e. The molecule has 0 heterocycles. The van der Waals surface area contributed by atoms with Crippen LogP contribution in [0.5, 0.6) is 0 Å². The van der Waals surface area contributed by atoms with Crippen LogP contribution < -0.4 is 0 Å². The normalized spacial score (nSPS) is 4.45. The summed E-state index contributed by atoms with van der Waals surface area (Å²) in [5, 5.41) is 0. The first kappa shape index (κ1) is 171. The van der Waals surface area contributed by atoms with Gasteiger partial charge >= 0.3 is 0 Å². The van der Waals surface area contributed by atoms with Gasteiger partial charge in [-0.05, 0) is 0 Å². The summed E-state index contributed by atoms with van der Waals surface area (Å²) in [6.45, 7) is 24.0. The minimum atomic E-state index is 0. The maximum absolute atomic E-state index is 2.00. The van der Waals surface area contributed by atoms with E-state index >= 15 is 0 Å². The van der Waals surface area contributed by atoms with Crippen LogP contribution in [0.25, 0.3) is 0 Å². The molecule has 0 nitrogen and oxygen atoms in total. The molecule has 0 aliphatic heterocycles. The molecule has 0 aliphatic rings. The van der Waals surface area contributed by atoms with E-state index in [1.165, 1.54) is 0 Å². The Labute approximate surface area is 748 Å². The van der Waals surface area contributed by atoms with Crippen molar-refractivity contribution in [1.82, 2.24) is 0 Å². The number of hydrogen-bond acceptors (Lipinski definition) is 0. The second-order valence-electron chi connectivity index (χ2n) is 5.77. The summed E-state index contributed by atoms with van der Waals surface area (Å²) in [6, 6.07) is 60.0. The van der Waals surface area contributed by atoms with Gasteiger partial charge in [-0.25, -0.2) is 0 Å². The first-order valence-corrected chi connectivity index (χ1v) is 16.0. The molecule has 0 amide bonds. The minimum Gasteiger partial charge on any atom is -0.358 e. The minimum absolute atomic E-state index is 0. The molecule has 0 spiro atoms. The summed E-state index contributed by atoms with van der Waals surface area (Å²) in [7, 11) is 0. The molecule has 0 saturated carbocycles. The van der Waals surface area contributed by atoms with Crippen molar-refractivity contribution in [3.8, 4) is 0 Å². The Bertz CT molecular complexity index is 590. The van der Waals surface area contributed by atoms with Crippen molar-refractivity contribution < 1.29 is 458 Å². The van der Waals surface area contributed by atoms with Crippen LogP contribution in [0.2, 0.25) is 0 Å². The van der Waals surface area contributed by atoms with Gasteiger partial charge in [-0.15, -0.1) is 0 Å². The quantitative estimate of drug-likeness (QED) is 0.136. The zero-order chi connectivity index (χ0) is 33.2. The van der Waals surface area contributed by atoms with Crippen LogP contribution in [-0.4, -0.2) is 0 Å². The van der Waals surface area contributed by atoms with E-state index in [0.717, 1.165) is 0 Å². The average Bonchev–Trinajstić information content (AvgIpc) is 3.18. The van der Waals surface area contributed by atoms with Crippen LogP contribution >= 0.6 is 0 Å². The molecule has 0 saturated heterocycles. The Hall–Kier alpha value is 11.6. The van der Waals surface area contributed by atoms with E-state index in [2.05, 4.69) is 0 Å². The molecule has 0 atom stereocenters. The van der Waals surface area contributed by atoms with E-state index in [1.54, 1.807) is 0 Å². The van der Waals surface area contributed by atoms with E-state index < -0.39 is 0 Å². The Morgan fingerprint density at radius 3 is 0.129 bits per heavy atom. The zero-order valence-corrected chi connectivity index (χ0v) is 83.1. The summed E-state index contributed by atoms with van der Waals surface area (Å²) in [5.41, 5.74) is 0. The van der Waals surface area contributed by atoms with Crippen LogP contribution in [0.15, 0.2) is 182 Å². The second kappa shape index (κ2) is 215. The Morgan fingerprint density at radius 1 is 0.0968 bits per heavy atom. The van der Waals surface area contributed by atoms with Gasteiger partial charge in [-0.2, -0.15) is 0 Å². The molecule has 0 bridgehead atoms. The van der Waals surface area contributed by atoms with Gasteiger partial charge in [0.05, 0.1) is 0 Å². The molecule has 62 heavy (non-hydrogen) atoms. The third-order valence-corrected chi connectivity index (χ3v) is 3.33. The first-order valence-electron chi connectivity index (χ1n) is 16.0. The Balaban J connectivity index is -0.00000000954. The maximum Gasteiger partial charge on any atom is 0 e. The summed E-state index contributed by atoms with van der Waals surface area (Å²) < 4.78 is 0.